The molecule has 0 saturated carbocycles. The summed E-state index contributed by atoms with van der Waals surface area (Å²) in [5, 5.41) is 6.10. The van der Waals surface area contributed by atoms with Crippen molar-refractivity contribution in [1.29, 1.82) is 0 Å². The number of anilines is 1. The number of halogens is 1. The van der Waals surface area contributed by atoms with Crippen LogP contribution in [0, 0.1) is 5.92 Å². The van der Waals surface area contributed by atoms with Crippen molar-refractivity contribution in [2.24, 2.45) is 5.92 Å². The molecule has 4 nitrogen and oxygen atoms in total. The molecule has 86 valence electrons. The van der Waals surface area contributed by atoms with Crippen LogP contribution in [0.1, 0.15) is 12.8 Å². The Kier molecular flexibility index (Phi) is 3.90. The van der Waals surface area contributed by atoms with E-state index in [4.69, 9.17) is 0 Å². The number of piperidine rings is 1. The fraction of sp³-hybridized carbons (Fsp3) is 0.455. The van der Waals surface area contributed by atoms with Crippen molar-refractivity contribution in [3.05, 3.63) is 22.9 Å². The van der Waals surface area contributed by atoms with Gasteiger partial charge in [0.15, 0.2) is 0 Å². The van der Waals surface area contributed by atoms with Crippen molar-refractivity contribution in [2.75, 3.05) is 18.4 Å². The molecule has 0 radical (unpaired) electrons. The number of rotatable bonds is 2. The lowest BCUT2D eigenvalue weighted by atomic mass is 9.99. The molecule has 2 heterocycles. The van der Waals surface area contributed by atoms with Gasteiger partial charge < -0.3 is 10.6 Å². The van der Waals surface area contributed by atoms with Crippen LogP contribution in [0.25, 0.3) is 0 Å². The second kappa shape index (κ2) is 5.41. The molecule has 2 rings (SSSR count). The maximum absolute atomic E-state index is 11.9. The van der Waals surface area contributed by atoms with Gasteiger partial charge in [-0.15, -0.1) is 0 Å². The summed E-state index contributed by atoms with van der Waals surface area (Å²) in [4.78, 5) is 15.9. The Morgan fingerprint density at radius 1 is 1.56 bits per heavy atom. The second-order valence-electron chi connectivity index (χ2n) is 3.90. The summed E-state index contributed by atoms with van der Waals surface area (Å²) < 4.78 is 0.768. The number of carbonyl (C=O) groups excluding carboxylic acids is 1. The highest BCUT2D eigenvalue weighted by Crippen LogP contribution is 2.15. The van der Waals surface area contributed by atoms with Gasteiger partial charge in [0.05, 0.1) is 17.8 Å². The molecule has 5 heteroatoms. The van der Waals surface area contributed by atoms with E-state index in [-0.39, 0.29) is 11.8 Å². The molecule has 2 N–H and O–H groups in total. The number of hydrogen-bond donors (Lipinski definition) is 2. The molecule has 1 amide bonds. The van der Waals surface area contributed by atoms with Gasteiger partial charge >= 0.3 is 0 Å². The Labute approximate surface area is 103 Å². The van der Waals surface area contributed by atoms with Gasteiger partial charge in [-0.05, 0) is 47.4 Å². The third-order valence-electron chi connectivity index (χ3n) is 2.66. The van der Waals surface area contributed by atoms with Crippen molar-refractivity contribution in [1.82, 2.24) is 10.3 Å². The molecule has 1 atom stereocenters. The Hall–Kier alpha value is -0.940. The molecular weight excluding hydrogens is 270 g/mol. The third-order valence-corrected chi connectivity index (χ3v) is 3.13. The van der Waals surface area contributed by atoms with Crippen molar-refractivity contribution < 1.29 is 4.79 Å². The zero-order valence-corrected chi connectivity index (χ0v) is 10.5. The Balaban J connectivity index is 1.93. The van der Waals surface area contributed by atoms with Crippen LogP contribution < -0.4 is 10.6 Å². The van der Waals surface area contributed by atoms with E-state index < -0.39 is 0 Å². The molecule has 0 bridgehead atoms. The average Bonchev–Trinajstić information content (AvgIpc) is 2.33. The van der Waals surface area contributed by atoms with E-state index in [1.54, 1.807) is 6.20 Å². The standard InChI is InChI=1S/C11H14BrN3O/c12-10-4-3-9(7-14-10)15-11(16)8-2-1-5-13-6-8/h3-4,7-8,13H,1-2,5-6H2,(H,15,16)/t8-/m0/s1. The van der Waals surface area contributed by atoms with E-state index in [9.17, 15) is 4.79 Å². The highest BCUT2D eigenvalue weighted by molar-refractivity contribution is 9.10. The first-order valence-electron chi connectivity index (χ1n) is 5.39. The first-order valence-corrected chi connectivity index (χ1v) is 6.18. The molecule has 1 fully saturated rings. The van der Waals surface area contributed by atoms with E-state index in [2.05, 4.69) is 31.5 Å². The normalized spacial score (nSPS) is 20.4. The van der Waals surface area contributed by atoms with Crippen LogP contribution in [0.2, 0.25) is 0 Å². The van der Waals surface area contributed by atoms with Crippen LogP contribution in [0.3, 0.4) is 0 Å². The number of aromatic nitrogens is 1. The Morgan fingerprint density at radius 2 is 2.44 bits per heavy atom. The third kappa shape index (κ3) is 3.02. The maximum Gasteiger partial charge on any atom is 0.228 e. The zero-order chi connectivity index (χ0) is 11.4. The first-order chi connectivity index (χ1) is 7.75. The monoisotopic (exact) mass is 283 g/mol. The molecular formula is C11H14BrN3O. The fourth-order valence-electron chi connectivity index (χ4n) is 1.77. The SMILES string of the molecule is O=C(Nc1ccc(Br)nc1)[C@H]1CCCNC1. The van der Waals surface area contributed by atoms with E-state index in [1.165, 1.54) is 0 Å². The largest absolute Gasteiger partial charge is 0.324 e. The Morgan fingerprint density at radius 3 is 3.06 bits per heavy atom. The number of carbonyl (C=O) groups is 1. The van der Waals surface area contributed by atoms with Gasteiger partial charge in [0.25, 0.3) is 0 Å². The number of pyridine rings is 1. The molecule has 1 aromatic rings. The van der Waals surface area contributed by atoms with Crippen LogP contribution >= 0.6 is 15.9 Å². The van der Waals surface area contributed by atoms with Crippen molar-refractivity contribution in [3.63, 3.8) is 0 Å². The van der Waals surface area contributed by atoms with Gasteiger partial charge in [-0.1, -0.05) is 0 Å². The average molecular weight is 284 g/mol. The molecule has 1 aromatic heterocycles. The molecule has 0 spiro atoms. The van der Waals surface area contributed by atoms with Crippen LogP contribution in [0.5, 0.6) is 0 Å². The second-order valence-corrected chi connectivity index (χ2v) is 4.71. The minimum Gasteiger partial charge on any atom is -0.324 e. The minimum atomic E-state index is 0.0799. The highest BCUT2D eigenvalue weighted by atomic mass is 79.9. The van der Waals surface area contributed by atoms with Gasteiger partial charge in [-0.25, -0.2) is 4.98 Å². The number of hydrogen-bond acceptors (Lipinski definition) is 3. The van der Waals surface area contributed by atoms with E-state index in [0.29, 0.717) is 0 Å². The zero-order valence-electron chi connectivity index (χ0n) is 8.87. The van der Waals surface area contributed by atoms with Crippen LogP contribution in [0.4, 0.5) is 5.69 Å². The number of nitrogens with one attached hydrogen (secondary N) is 2. The fourth-order valence-corrected chi connectivity index (χ4v) is 2.00. The number of nitrogens with zero attached hydrogens (tertiary/aromatic N) is 1. The summed E-state index contributed by atoms with van der Waals surface area (Å²) in [6.07, 6.45) is 3.68. The summed E-state index contributed by atoms with van der Waals surface area (Å²) in [5.41, 5.74) is 0.749. The summed E-state index contributed by atoms with van der Waals surface area (Å²) >= 11 is 3.25. The first kappa shape index (κ1) is 11.5. The predicted molar refractivity (Wildman–Crippen MR) is 66.2 cm³/mol. The van der Waals surface area contributed by atoms with Crippen molar-refractivity contribution in [2.45, 2.75) is 12.8 Å². The van der Waals surface area contributed by atoms with Gasteiger partial charge in [-0.3, -0.25) is 4.79 Å². The van der Waals surface area contributed by atoms with Crippen molar-refractivity contribution >= 4 is 27.5 Å². The van der Waals surface area contributed by atoms with Gasteiger partial charge in [-0.2, -0.15) is 0 Å². The predicted octanol–water partition coefficient (Wildman–Crippen LogP) is 1.78. The molecule has 0 unspecified atom stereocenters. The molecule has 0 aliphatic carbocycles. The molecule has 1 aliphatic rings. The van der Waals surface area contributed by atoms with Crippen LogP contribution in [-0.4, -0.2) is 24.0 Å². The highest BCUT2D eigenvalue weighted by Gasteiger charge is 2.20. The lowest BCUT2D eigenvalue weighted by molar-refractivity contribution is -0.120. The van der Waals surface area contributed by atoms with Gasteiger partial charge in [0, 0.05) is 6.54 Å². The quantitative estimate of drug-likeness (QED) is 0.814. The minimum absolute atomic E-state index is 0.0799. The lowest BCUT2D eigenvalue weighted by Crippen LogP contribution is -2.37. The van der Waals surface area contributed by atoms with Crippen LogP contribution in [-0.2, 0) is 4.79 Å². The van der Waals surface area contributed by atoms with Crippen molar-refractivity contribution in [3.8, 4) is 0 Å². The topological polar surface area (TPSA) is 54.0 Å². The molecule has 0 aromatic carbocycles. The summed E-state index contributed by atoms with van der Waals surface area (Å²) in [5.74, 6) is 0.161. The summed E-state index contributed by atoms with van der Waals surface area (Å²) in [6.45, 7) is 1.79. The van der Waals surface area contributed by atoms with E-state index >= 15 is 0 Å². The van der Waals surface area contributed by atoms with Gasteiger partial charge in [0.1, 0.15) is 4.60 Å². The van der Waals surface area contributed by atoms with E-state index in [1.807, 2.05) is 12.1 Å². The number of amides is 1. The summed E-state index contributed by atoms with van der Waals surface area (Å²) in [7, 11) is 0. The summed E-state index contributed by atoms with van der Waals surface area (Å²) in [6, 6.07) is 3.65. The maximum atomic E-state index is 11.9. The molecule has 1 saturated heterocycles. The molecule has 1 aliphatic heterocycles. The lowest BCUT2D eigenvalue weighted by Gasteiger charge is -2.21. The van der Waals surface area contributed by atoms with Crippen LogP contribution in [0.15, 0.2) is 22.9 Å². The van der Waals surface area contributed by atoms with Gasteiger partial charge in [0.2, 0.25) is 5.91 Å². The smallest absolute Gasteiger partial charge is 0.228 e. The molecule has 16 heavy (non-hydrogen) atoms. The Bertz CT molecular complexity index is 360. The van der Waals surface area contributed by atoms with E-state index in [0.717, 1.165) is 36.2 Å².